The van der Waals surface area contributed by atoms with E-state index in [2.05, 4.69) is 23.6 Å². The molecule has 0 radical (unpaired) electrons. The first kappa shape index (κ1) is 15.6. The molecule has 5 heteroatoms. The Bertz CT molecular complexity index is 494. The highest BCUT2D eigenvalue weighted by molar-refractivity contribution is 5.96. The summed E-state index contributed by atoms with van der Waals surface area (Å²) in [6, 6.07) is 6.19. The van der Waals surface area contributed by atoms with Gasteiger partial charge in [0.15, 0.2) is 0 Å². The Labute approximate surface area is 126 Å². The quantitative estimate of drug-likeness (QED) is 0.679. The number of anilines is 2. The number of nitrogens with two attached hydrogens (primary N) is 1. The highest BCUT2D eigenvalue weighted by Crippen LogP contribution is 2.23. The summed E-state index contributed by atoms with van der Waals surface area (Å²) in [5.41, 5.74) is 7.85. The molecule has 5 nitrogen and oxygen atoms in total. The van der Waals surface area contributed by atoms with Crippen LogP contribution in [0.3, 0.4) is 0 Å². The Morgan fingerprint density at radius 3 is 2.52 bits per heavy atom. The van der Waals surface area contributed by atoms with Crippen LogP contribution >= 0.6 is 0 Å². The Balaban J connectivity index is 2.11. The maximum absolute atomic E-state index is 11.9. The molecule has 1 aliphatic rings. The summed E-state index contributed by atoms with van der Waals surface area (Å²) < 4.78 is 5.05. The maximum atomic E-state index is 11.9. The number of rotatable bonds is 4. The highest BCUT2D eigenvalue weighted by Gasteiger charge is 2.20. The van der Waals surface area contributed by atoms with Crippen LogP contribution in [0.4, 0.5) is 11.4 Å². The molecule has 21 heavy (non-hydrogen) atoms. The number of benzene rings is 1. The monoisotopic (exact) mass is 291 g/mol. The topological polar surface area (TPSA) is 58.8 Å². The lowest BCUT2D eigenvalue weighted by Crippen LogP contribution is -2.48. The van der Waals surface area contributed by atoms with Crippen molar-refractivity contribution in [1.29, 1.82) is 0 Å². The van der Waals surface area contributed by atoms with Crippen molar-refractivity contribution in [1.82, 2.24) is 4.90 Å². The number of nitrogen functional groups attached to an aromatic ring is 1. The molecule has 0 aromatic heterocycles. The van der Waals surface area contributed by atoms with Crippen LogP contribution in [0.1, 0.15) is 31.1 Å². The molecule has 116 valence electrons. The van der Waals surface area contributed by atoms with Crippen LogP contribution in [0.5, 0.6) is 0 Å². The van der Waals surface area contributed by atoms with Gasteiger partial charge in [-0.05, 0) is 39.0 Å². The fourth-order valence-corrected chi connectivity index (χ4v) is 2.62. The third-order valence-corrected chi connectivity index (χ3v) is 3.94. The molecule has 0 aliphatic carbocycles. The zero-order chi connectivity index (χ0) is 15.4. The smallest absolute Gasteiger partial charge is 0.340 e. The van der Waals surface area contributed by atoms with Crippen molar-refractivity contribution in [2.75, 3.05) is 43.4 Å². The molecule has 0 saturated carbocycles. The molecule has 1 aliphatic heterocycles. The van der Waals surface area contributed by atoms with E-state index in [-0.39, 0.29) is 5.97 Å². The summed E-state index contributed by atoms with van der Waals surface area (Å²) in [6.45, 7) is 10.6. The number of nitrogens with zero attached hydrogens (tertiary/aromatic N) is 2. The van der Waals surface area contributed by atoms with Gasteiger partial charge in [0, 0.05) is 43.6 Å². The van der Waals surface area contributed by atoms with Crippen LogP contribution in [-0.2, 0) is 4.74 Å². The van der Waals surface area contributed by atoms with Gasteiger partial charge in [0.05, 0.1) is 12.2 Å². The predicted molar refractivity (Wildman–Crippen MR) is 85.7 cm³/mol. The normalized spacial score (nSPS) is 16.3. The third-order valence-electron chi connectivity index (χ3n) is 3.94. The Kier molecular flexibility index (Phi) is 5.07. The van der Waals surface area contributed by atoms with Gasteiger partial charge in [0.1, 0.15) is 0 Å². The van der Waals surface area contributed by atoms with E-state index in [4.69, 9.17) is 10.5 Å². The maximum Gasteiger partial charge on any atom is 0.340 e. The second kappa shape index (κ2) is 6.80. The van der Waals surface area contributed by atoms with E-state index in [1.54, 1.807) is 13.0 Å². The molecule has 0 unspecified atom stereocenters. The molecule has 1 aromatic carbocycles. The molecule has 1 heterocycles. The van der Waals surface area contributed by atoms with Gasteiger partial charge in [0.25, 0.3) is 0 Å². The average molecular weight is 291 g/mol. The average Bonchev–Trinajstić information content (AvgIpc) is 2.48. The number of hydrogen-bond acceptors (Lipinski definition) is 5. The first-order valence-corrected chi connectivity index (χ1v) is 7.58. The Morgan fingerprint density at radius 1 is 1.29 bits per heavy atom. The van der Waals surface area contributed by atoms with Crippen molar-refractivity contribution in [3.05, 3.63) is 23.8 Å². The van der Waals surface area contributed by atoms with Crippen LogP contribution in [0, 0.1) is 0 Å². The Morgan fingerprint density at radius 2 is 1.95 bits per heavy atom. The van der Waals surface area contributed by atoms with Gasteiger partial charge in [-0.2, -0.15) is 0 Å². The van der Waals surface area contributed by atoms with Crippen LogP contribution in [0.25, 0.3) is 0 Å². The molecule has 0 bridgehead atoms. The SMILES string of the molecule is CCOC(=O)c1cc(N2CCN(C(C)C)CC2)ccc1N. The zero-order valence-corrected chi connectivity index (χ0v) is 13.1. The molecule has 0 spiro atoms. The molecule has 2 rings (SSSR count). The van der Waals surface area contributed by atoms with Gasteiger partial charge < -0.3 is 15.4 Å². The molecule has 1 aromatic rings. The fourth-order valence-electron chi connectivity index (χ4n) is 2.62. The number of piperazine rings is 1. The molecule has 1 fully saturated rings. The van der Waals surface area contributed by atoms with Gasteiger partial charge in [0.2, 0.25) is 0 Å². The fraction of sp³-hybridized carbons (Fsp3) is 0.562. The summed E-state index contributed by atoms with van der Waals surface area (Å²) in [4.78, 5) is 16.7. The van der Waals surface area contributed by atoms with E-state index in [1.165, 1.54) is 0 Å². The molecule has 0 amide bonds. The van der Waals surface area contributed by atoms with Gasteiger partial charge in [-0.1, -0.05) is 0 Å². The number of hydrogen-bond donors (Lipinski definition) is 1. The second-order valence-electron chi connectivity index (χ2n) is 5.61. The summed E-state index contributed by atoms with van der Waals surface area (Å²) >= 11 is 0. The van der Waals surface area contributed by atoms with Gasteiger partial charge in [-0.25, -0.2) is 4.79 Å². The van der Waals surface area contributed by atoms with Crippen molar-refractivity contribution in [2.24, 2.45) is 0 Å². The number of carbonyl (C=O) groups excluding carboxylic acids is 1. The first-order valence-electron chi connectivity index (χ1n) is 7.58. The minimum atomic E-state index is -0.349. The van der Waals surface area contributed by atoms with Crippen LogP contribution in [-0.4, -0.2) is 49.7 Å². The minimum Gasteiger partial charge on any atom is -0.462 e. The first-order chi connectivity index (χ1) is 10.0. The number of ether oxygens (including phenoxy) is 1. The predicted octanol–water partition coefficient (Wildman–Crippen LogP) is 1.98. The summed E-state index contributed by atoms with van der Waals surface area (Å²) in [6.07, 6.45) is 0. The van der Waals surface area contributed by atoms with Crippen molar-refractivity contribution in [2.45, 2.75) is 26.8 Å². The van der Waals surface area contributed by atoms with E-state index in [9.17, 15) is 4.79 Å². The zero-order valence-electron chi connectivity index (χ0n) is 13.1. The highest BCUT2D eigenvalue weighted by atomic mass is 16.5. The van der Waals surface area contributed by atoms with E-state index < -0.39 is 0 Å². The number of carbonyl (C=O) groups is 1. The third kappa shape index (κ3) is 3.67. The van der Waals surface area contributed by atoms with E-state index in [0.29, 0.717) is 23.9 Å². The molecule has 2 N–H and O–H groups in total. The van der Waals surface area contributed by atoms with Crippen molar-refractivity contribution in [3.8, 4) is 0 Å². The summed E-state index contributed by atoms with van der Waals surface area (Å²) in [5.74, 6) is -0.349. The van der Waals surface area contributed by atoms with Crippen LogP contribution in [0.15, 0.2) is 18.2 Å². The lowest BCUT2D eigenvalue weighted by molar-refractivity contribution is 0.0527. The Hall–Kier alpha value is -1.75. The molecular formula is C16H25N3O2. The lowest BCUT2D eigenvalue weighted by Gasteiger charge is -2.38. The summed E-state index contributed by atoms with van der Waals surface area (Å²) in [7, 11) is 0. The van der Waals surface area contributed by atoms with Gasteiger partial charge in [-0.15, -0.1) is 0 Å². The van der Waals surface area contributed by atoms with Gasteiger partial charge in [-0.3, -0.25) is 4.90 Å². The van der Waals surface area contributed by atoms with E-state index >= 15 is 0 Å². The van der Waals surface area contributed by atoms with Crippen LogP contribution < -0.4 is 10.6 Å². The number of esters is 1. The van der Waals surface area contributed by atoms with Crippen molar-refractivity contribution in [3.63, 3.8) is 0 Å². The standard InChI is InChI=1S/C16H25N3O2/c1-4-21-16(20)14-11-13(5-6-15(14)17)19-9-7-18(8-10-19)12(2)3/h5-6,11-12H,4,7-10,17H2,1-3H3. The van der Waals surface area contributed by atoms with Crippen LogP contribution in [0.2, 0.25) is 0 Å². The lowest BCUT2D eigenvalue weighted by atomic mass is 10.1. The summed E-state index contributed by atoms with van der Waals surface area (Å²) in [5, 5.41) is 0. The minimum absolute atomic E-state index is 0.349. The van der Waals surface area contributed by atoms with E-state index in [1.807, 2.05) is 12.1 Å². The molecule has 1 saturated heterocycles. The molecule has 0 atom stereocenters. The molecular weight excluding hydrogens is 266 g/mol. The van der Waals surface area contributed by atoms with Crippen molar-refractivity contribution >= 4 is 17.3 Å². The second-order valence-corrected chi connectivity index (χ2v) is 5.61. The van der Waals surface area contributed by atoms with Crippen molar-refractivity contribution < 1.29 is 9.53 Å². The van der Waals surface area contributed by atoms with Gasteiger partial charge >= 0.3 is 5.97 Å². The van der Waals surface area contributed by atoms with E-state index in [0.717, 1.165) is 31.9 Å². The largest absolute Gasteiger partial charge is 0.462 e.